The second kappa shape index (κ2) is 4.28. The number of para-hydroxylation sites is 1. The van der Waals surface area contributed by atoms with Crippen LogP contribution in [0.3, 0.4) is 0 Å². The first-order chi connectivity index (χ1) is 7.36. The molecule has 0 aliphatic rings. The van der Waals surface area contributed by atoms with Gasteiger partial charge >= 0.3 is 0 Å². The van der Waals surface area contributed by atoms with Crippen LogP contribution < -0.4 is 5.73 Å². The number of hydrogen-bond donors (Lipinski definition) is 1. The molecule has 3 heteroatoms. The molecule has 0 spiro atoms. The zero-order chi connectivity index (χ0) is 10.7. The van der Waals surface area contributed by atoms with Gasteiger partial charge in [0.1, 0.15) is 5.82 Å². The number of imidazole rings is 1. The molecular formula is C12H15N3. The Hall–Kier alpha value is -1.61. The first-order valence-corrected chi connectivity index (χ1v) is 5.17. The summed E-state index contributed by atoms with van der Waals surface area (Å²) in [5.41, 5.74) is 7.99. The van der Waals surface area contributed by atoms with Crippen LogP contribution in [0.4, 0.5) is 0 Å². The van der Waals surface area contributed by atoms with Crippen molar-refractivity contribution >= 4 is 0 Å². The second-order valence-corrected chi connectivity index (χ2v) is 3.40. The van der Waals surface area contributed by atoms with E-state index in [2.05, 4.69) is 28.6 Å². The van der Waals surface area contributed by atoms with E-state index in [1.165, 1.54) is 0 Å². The summed E-state index contributed by atoms with van der Waals surface area (Å²) in [7, 11) is 0. The molecule has 2 N–H and O–H groups in total. The van der Waals surface area contributed by atoms with Gasteiger partial charge in [0.15, 0.2) is 0 Å². The van der Waals surface area contributed by atoms with Crippen molar-refractivity contribution in [3.8, 4) is 5.69 Å². The van der Waals surface area contributed by atoms with Crippen LogP contribution in [0.25, 0.3) is 5.69 Å². The van der Waals surface area contributed by atoms with E-state index in [-0.39, 0.29) is 0 Å². The summed E-state index contributed by atoms with van der Waals surface area (Å²) in [6, 6.07) is 8.15. The average molecular weight is 201 g/mol. The van der Waals surface area contributed by atoms with Gasteiger partial charge in [0, 0.05) is 25.4 Å². The van der Waals surface area contributed by atoms with Gasteiger partial charge in [0.25, 0.3) is 0 Å². The summed E-state index contributed by atoms with van der Waals surface area (Å²) in [6.07, 6.45) is 4.73. The fourth-order valence-corrected chi connectivity index (χ4v) is 1.73. The molecule has 0 aliphatic carbocycles. The van der Waals surface area contributed by atoms with Gasteiger partial charge in [-0.15, -0.1) is 0 Å². The largest absolute Gasteiger partial charge is 0.326 e. The zero-order valence-electron chi connectivity index (χ0n) is 8.85. The number of nitrogens with two attached hydrogens (primary N) is 1. The molecule has 0 bridgehead atoms. The van der Waals surface area contributed by atoms with Crippen LogP contribution in [0.5, 0.6) is 0 Å². The first kappa shape index (κ1) is 9.93. The molecule has 0 radical (unpaired) electrons. The first-order valence-electron chi connectivity index (χ1n) is 5.17. The van der Waals surface area contributed by atoms with E-state index in [1.807, 2.05) is 24.5 Å². The molecular weight excluding hydrogens is 186 g/mol. The molecule has 1 aromatic heterocycles. The average Bonchev–Trinajstić information content (AvgIpc) is 2.76. The van der Waals surface area contributed by atoms with E-state index in [1.54, 1.807) is 0 Å². The van der Waals surface area contributed by atoms with Gasteiger partial charge in [-0.25, -0.2) is 4.98 Å². The highest BCUT2D eigenvalue weighted by Gasteiger charge is 2.05. The molecule has 0 fully saturated rings. The molecule has 0 aliphatic heterocycles. The second-order valence-electron chi connectivity index (χ2n) is 3.40. The van der Waals surface area contributed by atoms with Gasteiger partial charge < -0.3 is 10.3 Å². The highest BCUT2D eigenvalue weighted by atomic mass is 15.1. The summed E-state index contributed by atoms with van der Waals surface area (Å²) in [6.45, 7) is 2.65. The van der Waals surface area contributed by atoms with Crippen LogP contribution in [0.2, 0.25) is 0 Å². The Morgan fingerprint density at radius 1 is 1.33 bits per heavy atom. The maximum atomic E-state index is 5.71. The van der Waals surface area contributed by atoms with Gasteiger partial charge in [0.2, 0.25) is 0 Å². The van der Waals surface area contributed by atoms with Crippen LogP contribution in [0.15, 0.2) is 36.7 Å². The predicted molar refractivity (Wildman–Crippen MR) is 60.8 cm³/mol. The van der Waals surface area contributed by atoms with Crippen molar-refractivity contribution in [3.05, 3.63) is 48.0 Å². The van der Waals surface area contributed by atoms with Crippen molar-refractivity contribution in [1.82, 2.24) is 9.55 Å². The third kappa shape index (κ3) is 1.78. The summed E-state index contributed by atoms with van der Waals surface area (Å²) >= 11 is 0. The summed E-state index contributed by atoms with van der Waals surface area (Å²) in [4.78, 5) is 4.31. The lowest BCUT2D eigenvalue weighted by molar-refractivity contribution is 0.875. The minimum absolute atomic E-state index is 0.553. The Morgan fingerprint density at radius 3 is 2.87 bits per heavy atom. The molecule has 3 nitrogen and oxygen atoms in total. The van der Waals surface area contributed by atoms with Crippen LogP contribution in [-0.4, -0.2) is 9.55 Å². The van der Waals surface area contributed by atoms with Crippen molar-refractivity contribution < 1.29 is 0 Å². The maximum absolute atomic E-state index is 5.71. The normalized spacial score (nSPS) is 10.5. The number of aromatic nitrogens is 2. The predicted octanol–water partition coefficient (Wildman–Crippen LogP) is 1.89. The number of rotatable bonds is 3. The molecule has 2 aromatic rings. The van der Waals surface area contributed by atoms with Gasteiger partial charge in [-0.05, 0) is 11.6 Å². The Bertz CT molecular complexity index is 446. The van der Waals surface area contributed by atoms with Crippen LogP contribution in [0.1, 0.15) is 18.3 Å². The van der Waals surface area contributed by atoms with Crippen LogP contribution in [-0.2, 0) is 13.0 Å². The minimum atomic E-state index is 0.553. The Labute approximate surface area is 89.6 Å². The molecule has 1 heterocycles. The molecule has 78 valence electrons. The number of aryl methyl sites for hydroxylation is 1. The molecule has 0 unspecified atom stereocenters. The molecule has 0 saturated carbocycles. The maximum Gasteiger partial charge on any atom is 0.112 e. The van der Waals surface area contributed by atoms with Crippen molar-refractivity contribution in [2.45, 2.75) is 19.9 Å². The lowest BCUT2D eigenvalue weighted by atomic mass is 10.1. The van der Waals surface area contributed by atoms with Crippen molar-refractivity contribution in [1.29, 1.82) is 0 Å². The lowest BCUT2D eigenvalue weighted by Crippen LogP contribution is -2.06. The minimum Gasteiger partial charge on any atom is -0.326 e. The van der Waals surface area contributed by atoms with E-state index in [9.17, 15) is 0 Å². The third-order valence-electron chi connectivity index (χ3n) is 2.50. The summed E-state index contributed by atoms with van der Waals surface area (Å²) in [5, 5.41) is 0. The van der Waals surface area contributed by atoms with Gasteiger partial charge in [-0.3, -0.25) is 0 Å². The summed E-state index contributed by atoms with van der Waals surface area (Å²) < 4.78 is 2.10. The molecule has 0 amide bonds. The fourth-order valence-electron chi connectivity index (χ4n) is 1.73. The van der Waals surface area contributed by atoms with Gasteiger partial charge in [-0.1, -0.05) is 25.1 Å². The Balaban J connectivity index is 2.53. The zero-order valence-corrected chi connectivity index (χ0v) is 8.85. The monoisotopic (exact) mass is 201 g/mol. The van der Waals surface area contributed by atoms with Crippen LogP contribution >= 0.6 is 0 Å². The van der Waals surface area contributed by atoms with E-state index in [0.717, 1.165) is 23.5 Å². The lowest BCUT2D eigenvalue weighted by Gasteiger charge is -2.10. The van der Waals surface area contributed by atoms with Gasteiger partial charge in [-0.2, -0.15) is 0 Å². The van der Waals surface area contributed by atoms with Gasteiger partial charge in [0.05, 0.1) is 5.69 Å². The SMILES string of the molecule is CCc1nccn1-c1ccccc1CN. The summed E-state index contributed by atoms with van der Waals surface area (Å²) in [5.74, 6) is 1.07. The highest BCUT2D eigenvalue weighted by molar-refractivity contribution is 5.41. The van der Waals surface area contributed by atoms with E-state index < -0.39 is 0 Å². The standard InChI is InChI=1S/C12H15N3/c1-2-12-14-7-8-15(12)11-6-4-3-5-10(11)9-13/h3-8H,2,9,13H2,1H3. The van der Waals surface area contributed by atoms with Crippen molar-refractivity contribution in [3.63, 3.8) is 0 Å². The molecule has 1 aromatic carbocycles. The number of hydrogen-bond acceptors (Lipinski definition) is 2. The fraction of sp³-hybridized carbons (Fsp3) is 0.250. The van der Waals surface area contributed by atoms with Crippen molar-refractivity contribution in [2.24, 2.45) is 5.73 Å². The molecule has 0 atom stereocenters. The highest BCUT2D eigenvalue weighted by Crippen LogP contribution is 2.15. The van der Waals surface area contributed by atoms with E-state index >= 15 is 0 Å². The van der Waals surface area contributed by atoms with Crippen molar-refractivity contribution in [2.75, 3.05) is 0 Å². The van der Waals surface area contributed by atoms with Crippen LogP contribution in [0, 0.1) is 0 Å². The topological polar surface area (TPSA) is 43.8 Å². The molecule has 2 rings (SSSR count). The third-order valence-corrected chi connectivity index (χ3v) is 2.50. The quantitative estimate of drug-likeness (QED) is 0.824. The smallest absolute Gasteiger partial charge is 0.112 e. The van der Waals surface area contributed by atoms with E-state index in [0.29, 0.717) is 6.54 Å². The Morgan fingerprint density at radius 2 is 2.13 bits per heavy atom. The number of nitrogens with zero attached hydrogens (tertiary/aromatic N) is 2. The molecule has 0 saturated heterocycles. The van der Waals surface area contributed by atoms with E-state index in [4.69, 9.17) is 5.73 Å². The number of benzene rings is 1. The Kier molecular flexibility index (Phi) is 2.83. The molecule has 15 heavy (non-hydrogen) atoms.